The molecule has 0 spiro atoms. The van der Waals surface area contributed by atoms with E-state index in [2.05, 4.69) is 0 Å². The van der Waals surface area contributed by atoms with Gasteiger partial charge in [0.15, 0.2) is 0 Å². The third-order valence-electron chi connectivity index (χ3n) is 3.01. The molecule has 0 amide bonds. The van der Waals surface area contributed by atoms with Crippen molar-refractivity contribution in [3.63, 3.8) is 0 Å². The van der Waals surface area contributed by atoms with E-state index in [0.717, 1.165) is 0 Å². The van der Waals surface area contributed by atoms with Gasteiger partial charge in [-0.3, -0.25) is 0 Å². The quantitative estimate of drug-likeness (QED) is 0.465. The van der Waals surface area contributed by atoms with Crippen molar-refractivity contribution in [2.24, 2.45) is 16.6 Å². The molecular weight excluding hydrogens is 221 g/mol. The average Bonchev–Trinajstić information content (AvgIpc) is 1.98. The maximum atomic E-state index is 9.59. The van der Waals surface area contributed by atoms with Gasteiger partial charge in [-0.05, 0) is 0 Å². The van der Waals surface area contributed by atoms with Crippen LogP contribution in [0.3, 0.4) is 0 Å². The van der Waals surface area contributed by atoms with Crippen LogP contribution in [-0.2, 0) is 4.57 Å². The van der Waals surface area contributed by atoms with Crippen LogP contribution in [0.2, 0.25) is 0 Å². The Morgan fingerprint density at radius 3 is 1.40 bits per heavy atom. The molecule has 6 nitrogen and oxygen atoms in total. The van der Waals surface area contributed by atoms with E-state index in [-0.39, 0.29) is 23.0 Å². The van der Waals surface area contributed by atoms with Crippen molar-refractivity contribution in [2.75, 3.05) is 0 Å². The second kappa shape index (κ2) is 4.13. The zero-order valence-corrected chi connectivity index (χ0v) is 10.2. The van der Waals surface area contributed by atoms with Crippen molar-refractivity contribution in [1.29, 1.82) is 0 Å². The average molecular weight is 238 g/mol. The number of aliphatic hydroxyl groups excluding tert-OH is 1. The molecule has 1 aliphatic rings. The van der Waals surface area contributed by atoms with Gasteiger partial charge in [0.25, 0.3) is 0 Å². The third-order valence-corrected chi connectivity index (χ3v) is 3.01. The lowest BCUT2D eigenvalue weighted by Crippen LogP contribution is -2.71. The largest absolute Gasteiger partial charge is 0.822 e. The summed E-state index contributed by atoms with van der Waals surface area (Å²) in [6.07, 6.45) is -0.255. The highest BCUT2D eigenvalue weighted by Gasteiger charge is 2.59. The fraction of sp³-hybridized carbons (Fsp3) is 1.00. The SMILES string of the molecule is CC1(C)C(N)C(C)(C)C1O.O=P([O-])([O-])[O-]. The van der Waals surface area contributed by atoms with E-state index in [1.54, 1.807) is 0 Å². The first-order valence-corrected chi connectivity index (χ1v) is 5.94. The molecule has 3 N–H and O–H groups in total. The van der Waals surface area contributed by atoms with Crippen molar-refractivity contribution in [3.8, 4) is 0 Å². The van der Waals surface area contributed by atoms with E-state index in [9.17, 15) is 5.11 Å². The molecule has 0 aromatic rings. The Morgan fingerprint density at radius 1 is 1.13 bits per heavy atom. The number of nitrogens with two attached hydrogens (primary N) is 1. The number of hydrogen-bond donors (Lipinski definition) is 2. The van der Waals surface area contributed by atoms with Gasteiger partial charge in [-0.15, -0.1) is 0 Å². The maximum absolute atomic E-state index is 9.59. The number of phosphoric acid groups is 1. The molecule has 1 fully saturated rings. The van der Waals surface area contributed by atoms with Crippen LogP contribution < -0.4 is 20.4 Å². The summed E-state index contributed by atoms with van der Waals surface area (Å²) in [4.78, 5) is 25.6. The predicted octanol–water partition coefficient (Wildman–Crippen LogP) is -2.08. The monoisotopic (exact) mass is 238 g/mol. The Labute approximate surface area is 89.4 Å². The number of aliphatic hydroxyl groups is 1. The van der Waals surface area contributed by atoms with Gasteiger partial charge in [0, 0.05) is 16.9 Å². The molecule has 15 heavy (non-hydrogen) atoms. The minimum Gasteiger partial charge on any atom is -0.822 e. The van der Waals surface area contributed by atoms with E-state index in [0.29, 0.717) is 0 Å². The third kappa shape index (κ3) is 3.52. The van der Waals surface area contributed by atoms with E-state index in [1.165, 1.54) is 0 Å². The van der Waals surface area contributed by atoms with Gasteiger partial charge in [-0.2, -0.15) is 7.82 Å². The first-order valence-electron chi connectivity index (χ1n) is 4.48. The van der Waals surface area contributed by atoms with Crippen LogP contribution in [0.4, 0.5) is 0 Å². The molecule has 1 saturated carbocycles. The number of rotatable bonds is 0. The van der Waals surface area contributed by atoms with Crippen molar-refractivity contribution in [3.05, 3.63) is 0 Å². The van der Waals surface area contributed by atoms with E-state index < -0.39 is 7.82 Å². The smallest absolute Gasteiger partial charge is 0.0672 e. The van der Waals surface area contributed by atoms with E-state index in [4.69, 9.17) is 25.0 Å². The molecule has 1 aliphatic carbocycles. The molecule has 0 aromatic heterocycles. The molecule has 0 radical (unpaired) electrons. The number of hydrogen-bond acceptors (Lipinski definition) is 6. The first kappa shape index (κ1) is 15.0. The zero-order valence-electron chi connectivity index (χ0n) is 9.26. The highest BCUT2D eigenvalue weighted by molar-refractivity contribution is 7.40. The van der Waals surface area contributed by atoms with Gasteiger partial charge in [-0.1, -0.05) is 27.7 Å². The normalized spacial score (nSPS) is 32.3. The summed E-state index contributed by atoms with van der Waals surface area (Å²) in [6.45, 7) is 8.03. The standard InChI is InChI=1S/C8H17NO.H3O4P/c1-7(2)5(9)8(3,4)6(7)10;1-5(2,3)4/h5-6,10H,9H2,1-4H3;(H3,1,2,3,4)/p-3. The summed E-state index contributed by atoms with van der Waals surface area (Å²) in [6, 6.07) is 0.120. The predicted molar refractivity (Wildman–Crippen MR) is 49.2 cm³/mol. The molecule has 0 aliphatic heterocycles. The Kier molecular flexibility index (Phi) is 4.13. The van der Waals surface area contributed by atoms with Gasteiger partial charge in [0.1, 0.15) is 0 Å². The lowest BCUT2D eigenvalue weighted by molar-refractivity contribution is -0.432. The Hall–Kier alpha value is 0.0300. The lowest BCUT2D eigenvalue weighted by Gasteiger charge is -2.60. The Morgan fingerprint density at radius 2 is 1.33 bits per heavy atom. The van der Waals surface area contributed by atoms with Crippen LogP contribution in [0.5, 0.6) is 0 Å². The second-order valence-electron chi connectivity index (χ2n) is 4.97. The summed E-state index contributed by atoms with van der Waals surface area (Å²) in [5.74, 6) is 0. The van der Waals surface area contributed by atoms with Crippen LogP contribution in [0, 0.1) is 10.8 Å². The van der Waals surface area contributed by atoms with Crippen LogP contribution in [-0.4, -0.2) is 17.3 Å². The summed E-state index contributed by atoms with van der Waals surface area (Å²) in [7, 11) is -5.39. The molecule has 0 heterocycles. The molecule has 7 heteroatoms. The van der Waals surface area contributed by atoms with E-state index >= 15 is 0 Å². The van der Waals surface area contributed by atoms with Gasteiger partial charge < -0.3 is 30.1 Å². The van der Waals surface area contributed by atoms with Crippen LogP contribution >= 0.6 is 7.82 Å². The fourth-order valence-corrected chi connectivity index (χ4v) is 2.16. The van der Waals surface area contributed by atoms with Crippen LogP contribution in [0.15, 0.2) is 0 Å². The topological polar surface area (TPSA) is 132 Å². The summed E-state index contributed by atoms with van der Waals surface area (Å²) in [5.41, 5.74) is 5.68. The minimum atomic E-state index is -5.39. The molecule has 0 atom stereocenters. The van der Waals surface area contributed by atoms with Crippen LogP contribution in [0.1, 0.15) is 27.7 Å². The molecule has 1 rings (SSSR count). The molecule has 92 valence electrons. The van der Waals surface area contributed by atoms with Gasteiger partial charge >= 0.3 is 0 Å². The van der Waals surface area contributed by atoms with Gasteiger partial charge in [-0.25, -0.2) is 0 Å². The van der Waals surface area contributed by atoms with Gasteiger partial charge in [0.05, 0.1) is 6.10 Å². The second-order valence-corrected chi connectivity index (χ2v) is 5.86. The first-order chi connectivity index (χ1) is 6.31. The molecular formula is C8H17NO5P-3. The minimum absolute atomic E-state index is 0.0938. The lowest BCUT2D eigenvalue weighted by atomic mass is 9.50. The Balaban J connectivity index is 0.000000336. The van der Waals surface area contributed by atoms with E-state index in [1.807, 2.05) is 27.7 Å². The summed E-state index contributed by atoms with van der Waals surface area (Å²) < 4.78 is 8.55. The molecule has 0 bridgehead atoms. The molecule has 0 aromatic carbocycles. The fourth-order valence-electron chi connectivity index (χ4n) is 2.16. The maximum Gasteiger partial charge on any atom is 0.0672 e. The van der Waals surface area contributed by atoms with Crippen molar-refractivity contribution in [1.82, 2.24) is 0 Å². The summed E-state index contributed by atoms with van der Waals surface area (Å²) >= 11 is 0. The van der Waals surface area contributed by atoms with Crippen molar-refractivity contribution < 1.29 is 24.4 Å². The van der Waals surface area contributed by atoms with Crippen molar-refractivity contribution >= 4 is 7.82 Å². The Bertz CT molecular complexity index is 234. The summed E-state index contributed by atoms with van der Waals surface area (Å²) in [5, 5.41) is 9.59. The van der Waals surface area contributed by atoms with Gasteiger partial charge in [0.2, 0.25) is 0 Å². The van der Waals surface area contributed by atoms with Crippen LogP contribution in [0.25, 0.3) is 0 Å². The molecule has 0 unspecified atom stereocenters. The van der Waals surface area contributed by atoms with Crippen molar-refractivity contribution in [2.45, 2.75) is 39.8 Å². The zero-order chi connectivity index (χ0) is 12.7. The molecule has 0 saturated heterocycles. The highest BCUT2D eigenvalue weighted by atomic mass is 31.2. The highest BCUT2D eigenvalue weighted by Crippen LogP contribution is 2.52.